The van der Waals surface area contributed by atoms with Crippen LogP contribution in [0.15, 0.2) is 206 Å². The molecule has 12 aromatic rings. The predicted molar refractivity (Wildman–Crippen MR) is 294 cm³/mol. The number of hydrogen-bond acceptors (Lipinski definition) is 4. The van der Waals surface area contributed by atoms with Gasteiger partial charge in [-0.05, 0) is 112 Å². The topological polar surface area (TPSA) is 34.8 Å². The molecule has 0 saturated heterocycles. The molecular formula is C63H40B2N4O2. The zero-order chi connectivity index (χ0) is 46.1. The lowest BCUT2D eigenvalue weighted by Gasteiger charge is -2.47. The van der Waals surface area contributed by atoms with E-state index in [2.05, 4.69) is 225 Å². The molecule has 0 bridgehead atoms. The summed E-state index contributed by atoms with van der Waals surface area (Å²) >= 11 is 0. The summed E-state index contributed by atoms with van der Waals surface area (Å²) < 4.78 is 19.2. The SMILES string of the molecule is c1ccc(N2c3cc(-n4c5ccccc5c5ccccc54)cc4c3B(c3ccccc3O4)c3cc4c5c(c32)CCCN5c2cc(-n3c5ccccc5c5ccccc53)cc3c2B4c2ccccc2O3)cc1. The number of anilines is 5. The van der Waals surface area contributed by atoms with Crippen LogP contribution in [0.5, 0.6) is 23.0 Å². The van der Waals surface area contributed by atoms with Gasteiger partial charge in [0.05, 0.1) is 33.4 Å². The van der Waals surface area contributed by atoms with E-state index in [1.54, 1.807) is 0 Å². The molecule has 71 heavy (non-hydrogen) atoms. The fraction of sp³-hybridized carbons (Fsp3) is 0.0476. The fourth-order valence-electron chi connectivity index (χ4n) is 13.6. The molecule has 0 fully saturated rings. The summed E-state index contributed by atoms with van der Waals surface area (Å²) in [6, 6.07) is 75.8. The highest BCUT2D eigenvalue weighted by Gasteiger charge is 2.49. The molecule has 2 aromatic heterocycles. The smallest absolute Gasteiger partial charge is 0.256 e. The Hall–Kier alpha value is -8.87. The number of benzene rings is 10. The Kier molecular flexibility index (Phi) is 7.44. The van der Waals surface area contributed by atoms with Crippen molar-refractivity contribution >= 4 is 118 Å². The molecule has 0 spiro atoms. The average Bonchev–Trinajstić information content (AvgIpc) is 3.96. The van der Waals surface area contributed by atoms with Gasteiger partial charge in [0.25, 0.3) is 13.4 Å². The van der Waals surface area contributed by atoms with E-state index in [1.807, 2.05) is 0 Å². The van der Waals surface area contributed by atoms with Gasteiger partial charge >= 0.3 is 0 Å². The quantitative estimate of drug-likeness (QED) is 0.166. The first-order valence-electron chi connectivity index (χ1n) is 24.9. The summed E-state index contributed by atoms with van der Waals surface area (Å²) in [5, 5.41) is 4.96. The second kappa shape index (κ2) is 13.9. The first kappa shape index (κ1) is 38.0. The second-order valence-corrected chi connectivity index (χ2v) is 19.8. The highest BCUT2D eigenvalue weighted by molar-refractivity contribution is 7.02. The molecule has 5 aliphatic heterocycles. The van der Waals surface area contributed by atoms with Gasteiger partial charge in [-0.2, -0.15) is 0 Å². The van der Waals surface area contributed by atoms with Crippen LogP contribution in [0.3, 0.4) is 0 Å². The number of hydrogen-bond donors (Lipinski definition) is 0. The molecule has 0 unspecified atom stereocenters. The van der Waals surface area contributed by atoms with Gasteiger partial charge in [-0.15, -0.1) is 0 Å². The molecule has 5 aliphatic rings. The maximum absolute atomic E-state index is 7.17. The molecule has 330 valence electrons. The maximum Gasteiger partial charge on any atom is 0.256 e. The number of nitrogens with zero attached hydrogens (tertiary/aromatic N) is 4. The molecule has 17 rings (SSSR count). The summed E-state index contributed by atoms with van der Waals surface area (Å²) in [7, 11) is 0. The molecular weight excluding hydrogens is 866 g/mol. The third-order valence-electron chi connectivity index (χ3n) is 16.3. The minimum Gasteiger partial charge on any atom is -0.458 e. The van der Waals surface area contributed by atoms with Crippen molar-refractivity contribution in [1.29, 1.82) is 0 Å². The molecule has 0 radical (unpaired) electrons. The molecule has 0 atom stereocenters. The summed E-state index contributed by atoms with van der Waals surface area (Å²) in [5.41, 5.74) is 21.9. The number of para-hydroxylation sites is 7. The highest BCUT2D eigenvalue weighted by atomic mass is 16.5. The van der Waals surface area contributed by atoms with Crippen molar-refractivity contribution in [3.05, 3.63) is 212 Å². The summed E-state index contributed by atoms with van der Waals surface area (Å²) in [4.78, 5) is 5.25. The molecule has 10 aromatic carbocycles. The van der Waals surface area contributed by atoms with Crippen LogP contribution >= 0.6 is 0 Å². The van der Waals surface area contributed by atoms with E-state index in [4.69, 9.17) is 9.47 Å². The number of aromatic nitrogens is 2. The van der Waals surface area contributed by atoms with Crippen molar-refractivity contribution in [3.63, 3.8) is 0 Å². The molecule has 0 saturated carbocycles. The molecule has 0 amide bonds. The van der Waals surface area contributed by atoms with E-state index in [0.29, 0.717) is 0 Å². The van der Waals surface area contributed by atoms with E-state index in [-0.39, 0.29) is 13.4 Å². The van der Waals surface area contributed by atoms with E-state index in [9.17, 15) is 0 Å². The molecule has 6 nitrogen and oxygen atoms in total. The zero-order valence-electron chi connectivity index (χ0n) is 38.5. The van der Waals surface area contributed by atoms with Crippen LogP contribution in [-0.4, -0.2) is 29.1 Å². The Morgan fingerprint density at radius 1 is 0.366 bits per heavy atom. The lowest BCUT2D eigenvalue weighted by atomic mass is 9.30. The van der Waals surface area contributed by atoms with Crippen LogP contribution in [-0.2, 0) is 6.42 Å². The van der Waals surface area contributed by atoms with Gasteiger partial charge in [0.15, 0.2) is 0 Å². The Morgan fingerprint density at radius 3 is 1.37 bits per heavy atom. The monoisotopic (exact) mass is 906 g/mol. The van der Waals surface area contributed by atoms with E-state index >= 15 is 0 Å². The molecule has 0 aliphatic carbocycles. The third kappa shape index (κ3) is 4.98. The number of rotatable bonds is 3. The predicted octanol–water partition coefficient (Wildman–Crippen LogP) is 11.3. The van der Waals surface area contributed by atoms with Crippen molar-refractivity contribution in [2.24, 2.45) is 0 Å². The van der Waals surface area contributed by atoms with Gasteiger partial charge < -0.3 is 28.4 Å². The lowest BCUT2D eigenvalue weighted by Crippen LogP contribution is -2.65. The van der Waals surface area contributed by atoms with Crippen molar-refractivity contribution in [2.45, 2.75) is 12.8 Å². The van der Waals surface area contributed by atoms with Crippen LogP contribution in [0.2, 0.25) is 0 Å². The van der Waals surface area contributed by atoms with Gasteiger partial charge in [-0.1, -0.05) is 133 Å². The fourth-order valence-corrected chi connectivity index (χ4v) is 13.6. The maximum atomic E-state index is 7.17. The number of ether oxygens (including phenoxy) is 2. The largest absolute Gasteiger partial charge is 0.458 e. The zero-order valence-corrected chi connectivity index (χ0v) is 38.5. The van der Waals surface area contributed by atoms with Crippen molar-refractivity contribution < 1.29 is 9.47 Å². The Morgan fingerprint density at radius 2 is 0.817 bits per heavy atom. The van der Waals surface area contributed by atoms with Crippen molar-refractivity contribution in [2.75, 3.05) is 16.3 Å². The molecule has 8 heteroatoms. The second-order valence-electron chi connectivity index (χ2n) is 19.8. The van der Waals surface area contributed by atoms with Crippen LogP contribution in [0.25, 0.3) is 55.0 Å². The minimum absolute atomic E-state index is 0.0376. The normalized spacial score (nSPS) is 14.4. The number of fused-ring (bicyclic) bond motifs is 15. The third-order valence-corrected chi connectivity index (χ3v) is 16.3. The Balaban J connectivity index is 0.972. The highest BCUT2D eigenvalue weighted by Crippen LogP contribution is 2.50. The molecule has 0 N–H and O–H groups in total. The Bertz CT molecular complexity index is 4220. The van der Waals surface area contributed by atoms with Crippen LogP contribution in [0, 0.1) is 0 Å². The summed E-state index contributed by atoms with van der Waals surface area (Å²) in [5.74, 6) is 3.64. The van der Waals surface area contributed by atoms with E-state index in [0.717, 1.165) is 65.1 Å². The van der Waals surface area contributed by atoms with E-state index < -0.39 is 0 Å². The van der Waals surface area contributed by atoms with Crippen LogP contribution in [0.1, 0.15) is 12.0 Å². The standard InChI is InChI=1S/C63H40B2N4O2/c1-2-17-38(18-3-1)69-55-34-40(68-52-28-12-6-21-43(52)44-22-7-13-29-53(44)68)36-59-61(55)65(47-25-9-15-31-57(47)71-59)49-37-48-62-45(63(49)69)23-16-32-66(62)54-33-39(35-58-60(54)64(48)46-24-8-14-30-56(46)70-58)67-50-26-10-4-19-41(50)42-20-5-11-27-51(42)67/h1-15,17-22,24-31,33-37H,16,23,32H2. The van der Waals surface area contributed by atoms with Crippen molar-refractivity contribution in [1.82, 2.24) is 9.13 Å². The van der Waals surface area contributed by atoms with Gasteiger partial charge in [0.1, 0.15) is 23.0 Å². The Labute approximate surface area is 410 Å². The minimum atomic E-state index is -0.0716. The van der Waals surface area contributed by atoms with E-state index in [1.165, 1.54) is 99.0 Å². The van der Waals surface area contributed by atoms with Crippen molar-refractivity contribution in [3.8, 4) is 34.4 Å². The van der Waals surface area contributed by atoms with Gasteiger partial charge in [-0.25, -0.2) is 0 Å². The van der Waals surface area contributed by atoms with Crippen LogP contribution < -0.4 is 52.1 Å². The van der Waals surface area contributed by atoms with Gasteiger partial charge in [0, 0.05) is 68.7 Å². The summed E-state index contributed by atoms with van der Waals surface area (Å²) in [6.07, 6.45) is 1.95. The first-order valence-corrected chi connectivity index (χ1v) is 24.9. The molecule has 7 heterocycles. The first-order chi connectivity index (χ1) is 35.2. The lowest BCUT2D eigenvalue weighted by molar-refractivity contribution is 0.487. The van der Waals surface area contributed by atoms with Gasteiger partial charge in [0.2, 0.25) is 0 Å². The summed E-state index contributed by atoms with van der Waals surface area (Å²) in [6.45, 7) is 0.794. The van der Waals surface area contributed by atoms with Gasteiger partial charge in [-0.3, -0.25) is 0 Å². The average molecular weight is 907 g/mol. The van der Waals surface area contributed by atoms with Crippen LogP contribution in [0.4, 0.5) is 28.4 Å².